The van der Waals surface area contributed by atoms with E-state index in [0.29, 0.717) is 16.4 Å². The van der Waals surface area contributed by atoms with E-state index in [2.05, 4.69) is 18.8 Å². The van der Waals surface area contributed by atoms with E-state index in [1.165, 1.54) is 139 Å². The molecule has 1 aliphatic rings. The third kappa shape index (κ3) is 21.6. The average Bonchev–Trinajstić information content (AvgIpc) is 3.51. The second kappa shape index (κ2) is 29.7. The Morgan fingerprint density at radius 2 is 1.10 bits per heavy atom. The standard InChI is InChI=1S/C41H71IN2O7/c1-3-5-7-9-11-13-15-17-19-21-23-25-27-29-38(45)49-33-36-35(31-37(50-36)44-32-34(42)40(47)43-41(44)48)51-39(46)30-28-26-24-22-20-18-16-14-12-10-8-6-4-2/h32,35-37H,3-31,33H2,1-2H3,(H,43,47,48)/t35?,36-,37-/m0/s1. The zero-order valence-electron chi connectivity index (χ0n) is 32.2. The number of hydrogen-bond acceptors (Lipinski definition) is 7. The molecule has 0 saturated carbocycles. The number of ether oxygens (including phenoxy) is 3. The summed E-state index contributed by atoms with van der Waals surface area (Å²) >= 11 is 1.87. The van der Waals surface area contributed by atoms with Gasteiger partial charge in [-0.2, -0.15) is 0 Å². The number of carbonyl (C=O) groups excluding carboxylic acids is 2. The predicted molar refractivity (Wildman–Crippen MR) is 214 cm³/mol. The summed E-state index contributed by atoms with van der Waals surface area (Å²) < 4.78 is 19.2. The minimum absolute atomic E-state index is 0.0559. The van der Waals surface area contributed by atoms with Gasteiger partial charge in [0.15, 0.2) is 0 Å². The SMILES string of the molecule is CCCCCCCCCCCCCCCC(=O)OC[C@@H]1O[C@H](n2cc(I)c(=O)[nH]c2=O)CC1OC(=O)CCCCCCCCCCCCCCC. The molecule has 3 atom stereocenters. The molecule has 0 radical (unpaired) electrons. The Morgan fingerprint density at radius 3 is 1.55 bits per heavy atom. The number of nitrogens with zero attached hydrogens (tertiary/aromatic N) is 1. The van der Waals surface area contributed by atoms with Crippen LogP contribution in [0.15, 0.2) is 15.8 Å². The van der Waals surface area contributed by atoms with Gasteiger partial charge < -0.3 is 14.2 Å². The highest BCUT2D eigenvalue weighted by atomic mass is 127. The summed E-state index contributed by atoms with van der Waals surface area (Å²) in [7, 11) is 0. The largest absolute Gasteiger partial charge is 0.463 e. The molecule has 1 fully saturated rings. The Morgan fingerprint density at radius 1 is 0.686 bits per heavy atom. The summed E-state index contributed by atoms with van der Waals surface area (Å²) in [4.78, 5) is 52.2. The van der Waals surface area contributed by atoms with Gasteiger partial charge in [-0.1, -0.05) is 168 Å². The lowest BCUT2D eigenvalue weighted by molar-refractivity contribution is -0.158. The van der Waals surface area contributed by atoms with Crippen molar-refractivity contribution in [1.29, 1.82) is 0 Å². The minimum atomic E-state index is -0.748. The van der Waals surface area contributed by atoms with Crippen LogP contribution in [-0.2, 0) is 23.8 Å². The molecule has 1 N–H and O–H groups in total. The van der Waals surface area contributed by atoms with Crippen molar-refractivity contribution < 1.29 is 23.8 Å². The van der Waals surface area contributed by atoms with Gasteiger partial charge in [0.05, 0.1) is 3.57 Å². The molecule has 1 unspecified atom stereocenters. The number of rotatable bonds is 32. The summed E-state index contributed by atoms with van der Waals surface area (Å²) in [5, 5.41) is 0. The predicted octanol–water partition coefficient (Wildman–Crippen LogP) is 10.8. The number of halogens is 1. The molecule has 1 aliphatic heterocycles. The van der Waals surface area contributed by atoms with E-state index in [9.17, 15) is 19.2 Å². The molecule has 10 heteroatoms. The smallest absolute Gasteiger partial charge is 0.330 e. The maximum Gasteiger partial charge on any atom is 0.330 e. The highest BCUT2D eigenvalue weighted by molar-refractivity contribution is 14.1. The van der Waals surface area contributed by atoms with Crippen molar-refractivity contribution >= 4 is 34.5 Å². The fourth-order valence-electron chi connectivity index (χ4n) is 6.87. The van der Waals surface area contributed by atoms with Crippen molar-refractivity contribution in [2.45, 2.75) is 218 Å². The quantitative estimate of drug-likeness (QED) is 0.0436. The first-order valence-electron chi connectivity index (χ1n) is 20.9. The Balaban J connectivity index is 1.68. The lowest BCUT2D eigenvalue weighted by Gasteiger charge is -2.19. The summed E-state index contributed by atoms with van der Waals surface area (Å²) in [5.41, 5.74) is -1.06. The lowest BCUT2D eigenvalue weighted by Crippen LogP contribution is -2.34. The first kappa shape index (κ1) is 45.5. The number of aromatic nitrogens is 2. The molecule has 1 aromatic rings. The maximum atomic E-state index is 12.8. The van der Waals surface area contributed by atoms with Crippen molar-refractivity contribution in [1.82, 2.24) is 9.55 Å². The number of H-pyrrole nitrogens is 1. The summed E-state index contributed by atoms with van der Waals surface area (Å²) in [5.74, 6) is -0.600. The van der Waals surface area contributed by atoms with E-state index >= 15 is 0 Å². The van der Waals surface area contributed by atoms with Gasteiger partial charge in [-0.3, -0.25) is 23.9 Å². The molecule has 0 aliphatic carbocycles. The van der Waals surface area contributed by atoms with Crippen LogP contribution in [0.4, 0.5) is 0 Å². The van der Waals surface area contributed by atoms with Crippen LogP contribution in [0.2, 0.25) is 0 Å². The lowest BCUT2D eigenvalue weighted by atomic mass is 10.0. The van der Waals surface area contributed by atoms with Gasteiger partial charge in [-0.05, 0) is 35.4 Å². The first-order valence-corrected chi connectivity index (χ1v) is 21.9. The molecule has 0 spiro atoms. The van der Waals surface area contributed by atoms with Crippen LogP contribution in [0.25, 0.3) is 0 Å². The van der Waals surface area contributed by atoms with E-state index in [1.54, 1.807) is 0 Å². The Labute approximate surface area is 322 Å². The second-order valence-electron chi connectivity index (χ2n) is 14.7. The van der Waals surface area contributed by atoms with E-state index in [-0.39, 0.29) is 25.0 Å². The molecule has 2 heterocycles. The summed E-state index contributed by atoms with van der Waals surface area (Å²) in [6.07, 6.45) is 32.4. The molecule has 0 amide bonds. The van der Waals surface area contributed by atoms with E-state index in [1.807, 2.05) is 22.6 Å². The fraction of sp³-hybridized carbons (Fsp3) is 0.854. The van der Waals surface area contributed by atoms with E-state index in [0.717, 1.165) is 38.5 Å². The Hall–Kier alpha value is -1.69. The van der Waals surface area contributed by atoms with Gasteiger partial charge >= 0.3 is 17.6 Å². The van der Waals surface area contributed by atoms with Crippen molar-refractivity contribution in [3.05, 3.63) is 30.6 Å². The van der Waals surface area contributed by atoms with Gasteiger partial charge in [0, 0.05) is 25.5 Å². The van der Waals surface area contributed by atoms with Crippen molar-refractivity contribution in [2.75, 3.05) is 6.61 Å². The van der Waals surface area contributed by atoms with Gasteiger partial charge in [0.25, 0.3) is 5.56 Å². The zero-order chi connectivity index (χ0) is 36.9. The molecule has 294 valence electrons. The number of unbranched alkanes of at least 4 members (excludes halogenated alkanes) is 24. The molecule has 2 rings (SSSR count). The van der Waals surface area contributed by atoms with Crippen molar-refractivity contribution in [3.8, 4) is 0 Å². The summed E-state index contributed by atoms with van der Waals surface area (Å²) in [6.45, 7) is 4.45. The number of hydrogen-bond donors (Lipinski definition) is 1. The summed E-state index contributed by atoms with van der Waals surface area (Å²) in [6, 6.07) is 0. The third-order valence-electron chi connectivity index (χ3n) is 10.1. The van der Waals surface area contributed by atoms with E-state index in [4.69, 9.17) is 14.2 Å². The van der Waals surface area contributed by atoms with Gasteiger partial charge in [-0.15, -0.1) is 0 Å². The van der Waals surface area contributed by atoms with Crippen LogP contribution in [0, 0.1) is 3.57 Å². The molecule has 1 aromatic heterocycles. The monoisotopic (exact) mass is 830 g/mol. The molecular weight excluding hydrogens is 759 g/mol. The fourth-order valence-corrected chi connectivity index (χ4v) is 7.30. The molecule has 1 saturated heterocycles. The maximum absolute atomic E-state index is 12.8. The average molecular weight is 831 g/mol. The highest BCUT2D eigenvalue weighted by Gasteiger charge is 2.40. The normalized spacial score (nSPS) is 17.2. The van der Waals surface area contributed by atoms with Crippen LogP contribution < -0.4 is 11.2 Å². The molecule has 9 nitrogen and oxygen atoms in total. The number of esters is 2. The molecule has 51 heavy (non-hydrogen) atoms. The number of aromatic amines is 1. The Kier molecular flexibility index (Phi) is 26.5. The topological polar surface area (TPSA) is 117 Å². The zero-order valence-corrected chi connectivity index (χ0v) is 34.4. The third-order valence-corrected chi connectivity index (χ3v) is 10.8. The highest BCUT2D eigenvalue weighted by Crippen LogP contribution is 2.31. The molecular formula is C41H71IN2O7. The molecule has 0 bridgehead atoms. The number of nitrogens with one attached hydrogen (secondary N) is 1. The molecule has 0 aromatic carbocycles. The van der Waals surface area contributed by atoms with Crippen LogP contribution in [0.5, 0.6) is 0 Å². The van der Waals surface area contributed by atoms with Gasteiger partial charge in [-0.25, -0.2) is 4.79 Å². The van der Waals surface area contributed by atoms with Crippen LogP contribution in [-0.4, -0.2) is 40.3 Å². The van der Waals surface area contributed by atoms with Gasteiger partial charge in [0.1, 0.15) is 25.0 Å². The number of carbonyl (C=O) groups is 2. The van der Waals surface area contributed by atoms with E-state index < -0.39 is 29.7 Å². The van der Waals surface area contributed by atoms with Crippen LogP contribution in [0.1, 0.15) is 206 Å². The Bertz CT molecular complexity index is 1170. The van der Waals surface area contributed by atoms with Crippen LogP contribution >= 0.6 is 22.6 Å². The minimum Gasteiger partial charge on any atom is -0.463 e. The van der Waals surface area contributed by atoms with Gasteiger partial charge in [0.2, 0.25) is 0 Å². The van der Waals surface area contributed by atoms with Crippen LogP contribution in [0.3, 0.4) is 0 Å². The second-order valence-corrected chi connectivity index (χ2v) is 15.9. The van der Waals surface area contributed by atoms with Crippen molar-refractivity contribution in [3.63, 3.8) is 0 Å². The van der Waals surface area contributed by atoms with Crippen molar-refractivity contribution in [2.24, 2.45) is 0 Å². The first-order chi connectivity index (χ1) is 24.8.